The molecule has 0 aromatic heterocycles. The van der Waals surface area contributed by atoms with Crippen molar-refractivity contribution in [2.45, 2.75) is 6.92 Å². The molecule has 1 heterocycles. The summed E-state index contributed by atoms with van der Waals surface area (Å²) < 4.78 is 23.9. The van der Waals surface area contributed by atoms with E-state index in [1.807, 2.05) is 0 Å². The van der Waals surface area contributed by atoms with E-state index in [0.29, 0.717) is 41.5 Å². The van der Waals surface area contributed by atoms with Crippen LogP contribution in [0.1, 0.15) is 15.9 Å². The van der Waals surface area contributed by atoms with Gasteiger partial charge in [-0.15, -0.1) is 0 Å². The van der Waals surface area contributed by atoms with Gasteiger partial charge in [-0.1, -0.05) is 0 Å². The van der Waals surface area contributed by atoms with Crippen LogP contribution < -0.4 is 14.8 Å². The second-order valence-electron chi connectivity index (χ2n) is 4.77. The number of carbonyl (C=O) groups excluding carboxylic acids is 1. The van der Waals surface area contributed by atoms with Gasteiger partial charge in [-0.25, -0.2) is 4.39 Å². The summed E-state index contributed by atoms with van der Waals surface area (Å²) in [4.78, 5) is 12.2. The Morgan fingerprint density at radius 3 is 2.62 bits per heavy atom. The standard InChI is InChI=1S/C16H14FNO3/c1-10-8-12(17)3-4-13(10)18-16(19)11-2-5-14-15(9-11)21-7-6-20-14/h2-5,8-9H,6-7H2,1H3,(H,18,19). The average molecular weight is 287 g/mol. The summed E-state index contributed by atoms with van der Waals surface area (Å²) in [5.74, 6) is 0.590. The zero-order valence-corrected chi connectivity index (χ0v) is 11.5. The number of benzene rings is 2. The fourth-order valence-corrected chi connectivity index (χ4v) is 2.15. The molecule has 4 nitrogen and oxygen atoms in total. The van der Waals surface area contributed by atoms with Crippen molar-refractivity contribution in [3.8, 4) is 11.5 Å². The number of rotatable bonds is 2. The Morgan fingerprint density at radius 1 is 1.10 bits per heavy atom. The molecule has 1 aliphatic heterocycles. The Bertz CT molecular complexity index is 700. The number of fused-ring (bicyclic) bond motifs is 1. The van der Waals surface area contributed by atoms with Crippen LogP contribution in [0.15, 0.2) is 36.4 Å². The zero-order chi connectivity index (χ0) is 14.8. The highest BCUT2D eigenvalue weighted by atomic mass is 19.1. The third kappa shape index (κ3) is 2.81. The van der Waals surface area contributed by atoms with E-state index in [0.717, 1.165) is 0 Å². The number of carbonyl (C=O) groups is 1. The summed E-state index contributed by atoms with van der Waals surface area (Å²) in [7, 11) is 0. The molecule has 1 amide bonds. The van der Waals surface area contributed by atoms with Gasteiger partial charge in [0, 0.05) is 11.3 Å². The van der Waals surface area contributed by atoms with Gasteiger partial charge in [0.1, 0.15) is 19.0 Å². The van der Waals surface area contributed by atoms with E-state index < -0.39 is 0 Å². The van der Waals surface area contributed by atoms with Crippen LogP contribution >= 0.6 is 0 Å². The molecule has 0 saturated carbocycles. The molecule has 2 aromatic rings. The predicted molar refractivity (Wildman–Crippen MR) is 76.5 cm³/mol. The van der Waals surface area contributed by atoms with E-state index in [9.17, 15) is 9.18 Å². The van der Waals surface area contributed by atoms with Crippen LogP contribution in [0.4, 0.5) is 10.1 Å². The summed E-state index contributed by atoms with van der Waals surface area (Å²) in [6.45, 7) is 2.71. The molecule has 5 heteroatoms. The first kappa shape index (κ1) is 13.4. The number of amides is 1. The lowest BCUT2D eigenvalue weighted by Crippen LogP contribution is -2.17. The van der Waals surface area contributed by atoms with Crippen molar-refractivity contribution >= 4 is 11.6 Å². The van der Waals surface area contributed by atoms with Crippen LogP contribution in [-0.2, 0) is 0 Å². The van der Waals surface area contributed by atoms with Crippen molar-refractivity contribution in [2.75, 3.05) is 18.5 Å². The minimum Gasteiger partial charge on any atom is -0.486 e. The molecule has 108 valence electrons. The first-order valence-corrected chi connectivity index (χ1v) is 6.60. The third-order valence-corrected chi connectivity index (χ3v) is 3.24. The molecule has 0 fully saturated rings. The number of aryl methyl sites for hydroxylation is 1. The first-order valence-electron chi connectivity index (χ1n) is 6.60. The summed E-state index contributed by atoms with van der Waals surface area (Å²) in [6, 6.07) is 9.25. The molecule has 0 spiro atoms. The normalized spacial score (nSPS) is 12.9. The van der Waals surface area contributed by atoms with Gasteiger partial charge in [-0.2, -0.15) is 0 Å². The van der Waals surface area contributed by atoms with Crippen molar-refractivity contribution in [3.63, 3.8) is 0 Å². The van der Waals surface area contributed by atoms with Crippen molar-refractivity contribution in [3.05, 3.63) is 53.3 Å². The number of hydrogen-bond donors (Lipinski definition) is 1. The van der Waals surface area contributed by atoms with E-state index in [4.69, 9.17) is 9.47 Å². The highest BCUT2D eigenvalue weighted by molar-refractivity contribution is 6.05. The van der Waals surface area contributed by atoms with Crippen molar-refractivity contribution in [1.82, 2.24) is 0 Å². The minimum absolute atomic E-state index is 0.276. The number of hydrogen-bond acceptors (Lipinski definition) is 3. The summed E-state index contributed by atoms with van der Waals surface area (Å²) >= 11 is 0. The molecule has 0 atom stereocenters. The summed E-state index contributed by atoms with van der Waals surface area (Å²) in [5, 5.41) is 2.76. The molecule has 0 radical (unpaired) electrons. The van der Waals surface area contributed by atoms with Crippen LogP contribution in [0.2, 0.25) is 0 Å². The van der Waals surface area contributed by atoms with Crippen LogP contribution in [0.5, 0.6) is 11.5 Å². The monoisotopic (exact) mass is 287 g/mol. The predicted octanol–water partition coefficient (Wildman–Crippen LogP) is 3.16. The van der Waals surface area contributed by atoms with Gasteiger partial charge in [0.25, 0.3) is 5.91 Å². The van der Waals surface area contributed by atoms with E-state index in [1.54, 1.807) is 31.2 Å². The molecule has 1 aliphatic rings. The number of anilines is 1. The fraction of sp³-hybridized carbons (Fsp3) is 0.188. The molecular weight excluding hydrogens is 273 g/mol. The zero-order valence-electron chi connectivity index (χ0n) is 11.5. The van der Waals surface area contributed by atoms with Crippen LogP contribution in [0, 0.1) is 12.7 Å². The second kappa shape index (κ2) is 5.44. The van der Waals surface area contributed by atoms with Gasteiger partial charge < -0.3 is 14.8 Å². The average Bonchev–Trinajstić information content (AvgIpc) is 2.49. The summed E-state index contributed by atoms with van der Waals surface area (Å²) in [5.41, 5.74) is 1.71. The quantitative estimate of drug-likeness (QED) is 0.923. The van der Waals surface area contributed by atoms with Crippen LogP contribution in [0.25, 0.3) is 0 Å². The van der Waals surface area contributed by atoms with Crippen LogP contribution in [-0.4, -0.2) is 19.1 Å². The highest BCUT2D eigenvalue weighted by Crippen LogP contribution is 2.31. The SMILES string of the molecule is Cc1cc(F)ccc1NC(=O)c1ccc2c(c1)OCCO2. The topological polar surface area (TPSA) is 47.6 Å². The first-order chi connectivity index (χ1) is 10.1. The van der Waals surface area contributed by atoms with E-state index in [1.165, 1.54) is 12.1 Å². The molecule has 2 aromatic carbocycles. The molecule has 0 unspecified atom stereocenters. The van der Waals surface area contributed by atoms with Gasteiger partial charge in [-0.3, -0.25) is 4.79 Å². The van der Waals surface area contributed by atoms with Crippen LogP contribution in [0.3, 0.4) is 0 Å². The number of ether oxygens (including phenoxy) is 2. The minimum atomic E-state index is -0.329. The molecule has 0 bridgehead atoms. The maximum atomic E-state index is 13.1. The largest absolute Gasteiger partial charge is 0.486 e. The third-order valence-electron chi connectivity index (χ3n) is 3.24. The highest BCUT2D eigenvalue weighted by Gasteiger charge is 2.15. The smallest absolute Gasteiger partial charge is 0.255 e. The maximum absolute atomic E-state index is 13.1. The molecule has 1 N–H and O–H groups in total. The van der Waals surface area contributed by atoms with Crippen molar-refractivity contribution in [1.29, 1.82) is 0 Å². The van der Waals surface area contributed by atoms with E-state index in [-0.39, 0.29) is 11.7 Å². The Kier molecular flexibility index (Phi) is 3.48. The molecule has 3 rings (SSSR count). The number of halogens is 1. The van der Waals surface area contributed by atoms with Gasteiger partial charge in [0.2, 0.25) is 0 Å². The second-order valence-corrected chi connectivity index (χ2v) is 4.77. The maximum Gasteiger partial charge on any atom is 0.255 e. The Labute approximate surface area is 121 Å². The van der Waals surface area contributed by atoms with Gasteiger partial charge in [-0.05, 0) is 48.9 Å². The van der Waals surface area contributed by atoms with Gasteiger partial charge >= 0.3 is 0 Å². The molecular formula is C16H14FNO3. The number of nitrogens with one attached hydrogen (secondary N) is 1. The molecule has 21 heavy (non-hydrogen) atoms. The Balaban J connectivity index is 1.82. The molecule has 0 saturated heterocycles. The van der Waals surface area contributed by atoms with Gasteiger partial charge in [0.15, 0.2) is 11.5 Å². The van der Waals surface area contributed by atoms with E-state index in [2.05, 4.69) is 5.32 Å². The lowest BCUT2D eigenvalue weighted by Gasteiger charge is -2.18. The molecule has 0 aliphatic carbocycles. The van der Waals surface area contributed by atoms with Crippen molar-refractivity contribution < 1.29 is 18.7 Å². The Morgan fingerprint density at radius 2 is 1.86 bits per heavy atom. The van der Waals surface area contributed by atoms with E-state index >= 15 is 0 Å². The van der Waals surface area contributed by atoms with Crippen molar-refractivity contribution in [2.24, 2.45) is 0 Å². The lowest BCUT2D eigenvalue weighted by molar-refractivity contribution is 0.102. The van der Waals surface area contributed by atoms with Gasteiger partial charge in [0.05, 0.1) is 0 Å². The fourth-order valence-electron chi connectivity index (χ4n) is 2.15. The summed E-state index contributed by atoms with van der Waals surface area (Å²) in [6.07, 6.45) is 0. The lowest BCUT2D eigenvalue weighted by atomic mass is 10.1. The Hall–Kier alpha value is -2.56.